The lowest BCUT2D eigenvalue weighted by Crippen LogP contribution is -2.00. The Morgan fingerprint density at radius 2 is 1.94 bits per heavy atom. The highest BCUT2D eigenvalue weighted by Crippen LogP contribution is 2.24. The number of rotatable bonds is 1. The van der Waals surface area contributed by atoms with Crippen LogP contribution in [0.2, 0.25) is 0 Å². The molecule has 0 fully saturated rings. The quantitative estimate of drug-likeness (QED) is 0.750. The second kappa shape index (κ2) is 4.04. The average Bonchev–Trinajstić information content (AvgIpc) is 2.36. The molecule has 2 rings (SSSR count). The summed E-state index contributed by atoms with van der Waals surface area (Å²) in [5.74, 6) is 3.89. The van der Waals surface area contributed by atoms with Gasteiger partial charge in [-0.25, -0.2) is 4.79 Å². The number of carboxylic acid groups (broad SMARTS) is 1. The third kappa shape index (κ3) is 1.73. The molecule has 0 aromatic heterocycles. The van der Waals surface area contributed by atoms with Crippen molar-refractivity contribution in [3.63, 3.8) is 0 Å². The number of hydrogen-bond donors (Lipinski definition) is 1. The van der Waals surface area contributed by atoms with Gasteiger partial charge < -0.3 is 5.11 Å². The van der Waals surface area contributed by atoms with Crippen molar-refractivity contribution in [1.29, 1.82) is 0 Å². The molecule has 0 saturated heterocycles. The summed E-state index contributed by atoms with van der Waals surface area (Å²) in [5, 5.41) is 10.5. The minimum Gasteiger partial charge on any atom is -0.478 e. The highest BCUT2D eigenvalue weighted by atomic mass is 16.4. The fraction of sp³-hybridized carbons (Fsp3) is 0. The van der Waals surface area contributed by atoms with E-state index < -0.39 is 5.97 Å². The predicted octanol–water partition coefficient (Wildman–Crippen LogP) is 2.50. The molecule has 0 saturated carbocycles. The largest absolute Gasteiger partial charge is 0.478 e. The number of carboxylic acids is 1. The SMILES string of the molecule is C#Cc1cc(C(=O)O)c2c(C#C)cccc2c1. The summed E-state index contributed by atoms with van der Waals surface area (Å²) < 4.78 is 0. The fourth-order valence-electron chi connectivity index (χ4n) is 1.80. The van der Waals surface area contributed by atoms with Crippen LogP contribution >= 0.6 is 0 Å². The molecular formula is C15H8O2. The number of benzene rings is 2. The highest BCUT2D eigenvalue weighted by Gasteiger charge is 2.12. The molecule has 2 heteroatoms. The average molecular weight is 220 g/mol. The number of hydrogen-bond acceptors (Lipinski definition) is 1. The van der Waals surface area contributed by atoms with E-state index in [9.17, 15) is 9.90 Å². The van der Waals surface area contributed by atoms with E-state index in [0.717, 1.165) is 5.39 Å². The van der Waals surface area contributed by atoms with E-state index in [1.165, 1.54) is 6.07 Å². The second-order valence-corrected chi connectivity index (χ2v) is 3.52. The summed E-state index contributed by atoms with van der Waals surface area (Å²) >= 11 is 0. The third-order valence-corrected chi connectivity index (χ3v) is 2.53. The lowest BCUT2D eigenvalue weighted by atomic mass is 9.97. The van der Waals surface area contributed by atoms with Crippen molar-refractivity contribution in [1.82, 2.24) is 0 Å². The predicted molar refractivity (Wildman–Crippen MR) is 66.8 cm³/mol. The van der Waals surface area contributed by atoms with Crippen LogP contribution in [-0.2, 0) is 0 Å². The van der Waals surface area contributed by atoms with E-state index in [1.54, 1.807) is 24.3 Å². The lowest BCUT2D eigenvalue weighted by molar-refractivity contribution is 0.0699. The Morgan fingerprint density at radius 1 is 1.18 bits per heavy atom. The van der Waals surface area contributed by atoms with Gasteiger partial charge in [-0.15, -0.1) is 12.8 Å². The van der Waals surface area contributed by atoms with Crippen LogP contribution in [0.25, 0.3) is 10.8 Å². The Morgan fingerprint density at radius 3 is 2.53 bits per heavy atom. The Hall–Kier alpha value is -2.71. The van der Waals surface area contributed by atoms with Gasteiger partial charge in [0.05, 0.1) is 5.56 Å². The molecule has 2 nitrogen and oxygen atoms in total. The van der Waals surface area contributed by atoms with Gasteiger partial charge in [-0.3, -0.25) is 0 Å². The van der Waals surface area contributed by atoms with Gasteiger partial charge in [0.25, 0.3) is 0 Å². The molecule has 0 bridgehead atoms. The molecule has 0 amide bonds. The van der Waals surface area contributed by atoms with Crippen molar-refractivity contribution >= 4 is 16.7 Å². The van der Waals surface area contributed by atoms with Gasteiger partial charge in [0.15, 0.2) is 0 Å². The minimum atomic E-state index is -1.03. The normalized spacial score (nSPS) is 9.53. The van der Waals surface area contributed by atoms with Crippen molar-refractivity contribution in [2.75, 3.05) is 0 Å². The maximum absolute atomic E-state index is 11.2. The number of fused-ring (bicyclic) bond motifs is 1. The molecule has 0 aliphatic carbocycles. The highest BCUT2D eigenvalue weighted by molar-refractivity contribution is 6.06. The van der Waals surface area contributed by atoms with E-state index >= 15 is 0 Å². The van der Waals surface area contributed by atoms with Gasteiger partial charge in [-0.1, -0.05) is 24.0 Å². The zero-order valence-corrected chi connectivity index (χ0v) is 8.90. The zero-order chi connectivity index (χ0) is 12.4. The van der Waals surface area contributed by atoms with Crippen LogP contribution in [0, 0.1) is 24.7 Å². The molecule has 0 spiro atoms. The molecule has 1 N–H and O–H groups in total. The Balaban J connectivity index is 2.99. The van der Waals surface area contributed by atoms with Crippen LogP contribution in [0.1, 0.15) is 21.5 Å². The van der Waals surface area contributed by atoms with Crippen molar-refractivity contribution in [2.45, 2.75) is 0 Å². The third-order valence-electron chi connectivity index (χ3n) is 2.53. The van der Waals surface area contributed by atoms with Crippen LogP contribution in [0.3, 0.4) is 0 Å². The fourth-order valence-corrected chi connectivity index (χ4v) is 1.80. The van der Waals surface area contributed by atoms with Gasteiger partial charge >= 0.3 is 5.97 Å². The van der Waals surface area contributed by atoms with E-state index in [2.05, 4.69) is 11.8 Å². The first-order chi connectivity index (χ1) is 8.17. The van der Waals surface area contributed by atoms with Crippen molar-refractivity contribution in [2.24, 2.45) is 0 Å². The summed E-state index contributed by atoms with van der Waals surface area (Å²) in [4.78, 5) is 11.2. The standard InChI is InChI=1S/C15H8O2/c1-3-10-8-12-7-5-6-11(4-2)14(12)13(9-10)15(16)17/h1-2,5-9H,(H,16,17). The number of terminal acetylenes is 2. The van der Waals surface area contributed by atoms with Crippen molar-refractivity contribution < 1.29 is 9.90 Å². The number of aromatic carboxylic acids is 1. The van der Waals surface area contributed by atoms with Crippen molar-refractivity contribution in [3.05, 3.63) is 47.0 Å². The molecule has 80 valence electrons. The molecular weight excluding hydrogens is 212 g/mol. The maximum atomic E-state index is 11.2. The molecule has 0 aliphatic heterocycles. The first-order valence-electron chi connectivity index (χ1n) is 4.90. The first-order valence-corrected chi connectivity index (χ1v) is 4.90. The summed E-state index contributed by atoms with van der Waals surface area (Å²) in [6.07, 6.45) is 10.7. The molecule has 2 aromatic rings. The van der Waals surface area contributed by atoms with E-state index in [0.29, 0.717) is 16.5 Å². The zero-order valence-electron chi connectivity index (χ0n) is 8.90. The number of carbonyl (C=O) groups is 1. The van der Waals surface area contributed by atoms with E-state index in [-0.39, 0.29) is 5.56 Å². The van der Waals surface area contributed by atoms with Gasteiger partial charge in [-0.2, -0.15) is 0 Å². The summed E-state index contributed by atoms with van der Waals surface area (Å²) in [6, 6.07) is 8.51. The topological polar surface area (TPSA) is 37.3 Å². The Bertz CT molecular complexity index is 697. The molecule has 0 heterocycles. The lowest BCUT2D eigenvalue weighted by Gasteiger charge is -2.06. The maximum Gasteiger partial charge on any atom is 0.336 e. The summed E-state index contributed by atoms with van der Waals surface area (Å²) in [5.41, 5.74) is 1.23. The first kappa shape index (κ1) is 10.8. The van der Waals surface area contributed by atoms with E-state index in [4.69, 9.17) is 12.8 Å². The van der Waals surface area contributed by atoms with Crippen LogP contribution in [0.4, 0.5) is 0 Å². The monoisotopic (exact) mass is 220 g/mol. The molecule has 17 heavy (non-hydrogen) atoms. The van der Waals surface area contributed by atoms with Crippen LogP contribution in [0.15, 0.2) is 30.3 Å². The molecule has 0 unspecified atom stereocenters. The van der Waals surface area contributed by atoms with Crippen LogP contribution in [-0.4, -0.2) is 11.1 Å². The summed E-state index contributed by atoms with van der Waals surface area (Å²) in [6.45, 7) is 0. The smallest absolute Gasteiger partial charge is 0.336 e. The molecule has 0 aliphatic rings. The second-order valence-electron chi connectivity index (χ2n) is 3.52. The Labute approximate surface area is 98.9 Å². The minimum absolute atomic E-state index is 0.143. The van der Waals surface area contributed by atoms with Gasteiger partial charge in [-0.05, 0) is 23.6 Å². The molecule has 2 aromatic carbocycles. The van der Waals surface area contributed by atoms with Gasteiger partial charge in [0.2, 0.25) is 0 Å². The van der Waals surface area contributed by atoms with Crippen molar-refractivity contribution in [3.8, 4) is 24.7 Å². The van der Waals surface area contributed by atoms with Crippen LogP contribution < -0.4 is 0 Å². The van der Waals surface area contributed by atoms with Gasteiger partial charge in [0, 0.05) is 16.5 Å². The molecule has 0 radical (unpaired) electrons. The Kier molecular flexibility index (Phi) is 2.57. The van der Waals surface area contributed by atoms with Gasteiger partial charge in [0.1, 0.15) is 0 Å². The van der Waals surface area contributed by atoms with Crippen LogP contribution in [0.5, 0.6) is 0 Å². The van der Waals surface area contributed by atoms with E-state index in [1.807, 2.05) is 0 Å². The summed E-state index contributed by atoms with van der Waals surface area (Å²) in [7, 11) is 0. The molecule has 0 atom stereocenters.